The van der Waals surface area contributed by atoms with Gasteiger partial charge in [-0.2, -0.15) is 0 Å². The van der Waals surface area contributed by atoms with Gasteiger partial charge in [0.2, 0.25) is 5.91 Å². The number of nitrogens with one attached hydrogen (secondary N) is 1. The minimum Gasteiger partial charge on any atom is -0.452 e. The van der Waals surface area contributed by atoms with E-state index in [1.807, 2.05) is 24.3 Å². The molecule has 2 aromatic carbocycles. The first-order valence-electron chi connectivity index (χ1n) is 7.91. The Kier molecular flexibility index (Phi) is 5.58. The Balaban J connectivity index is 1.49. The number of hydrogen-bond acceptors (Lipinski definition) is 6. The zero-order valence-electron chi connectivity index (χ0n) is 14.0. The van der Waals surface area contributed by atoms with Crippen molar-refractivity contribution in [1.29, 1.82) is 0 Å². The number of nitrogens with zero attached hydrogens (tertiary/aromatic N) is 1. The lowest BCUT2D eigenvalue weighted by atomic mass is 10.2. The largest absolute Gasteiger partial charge is 0.452 e. The van der Waals surface area contributed by atoms with Crippen molar-refractivity contribution < 1.29 is 19.1 Å². The van der Waals surface area contributed by atoms with Crippen LogP contribution in [0.25, 0.3) is 16.3 Å². The normalized spacial score (nSPS) is 10.8. The quantitative estimate of drug-likeness (QED) is 0.503. The van der Waals surface area contributed by atoms with E-state index in [-0.39, 0.29) is 0 Å². The summed E-state index contributed by atoms with van der Waals surface area (Å²) in [5.74, 6) is -1.70. The van der Waals surface area contributed by atoms with E-state index < -0.39 is 24.4 Å². The Hall–Kier alpha value is -3.52. The van der Waals surface area contributed by atoms with Crippen molar-refractivity contribution in [3.05, 3.63) is 65.2 Å². The molecule has 3 rings (SSSR count). The van der Waals surface area contributed by atoms with Crippen LogP contribution in [0.15, 0.2) is 54.6 Å². The standard InChI is InChI=1S/C19H15N3O4S/c20-19(25)12-5-7-13(8-6-12)21-16(23)11-26-18(24)10-9-17-22-14-3-1-2-4-15(14)27-17/h1-10H,11H2,(H2,20,25)(H,21,23)/b10-9+. The third kappa shape index (κ3) is 4.99. The Morgan fingerprint density at radius 1 is 1.11 bits per heavy atom. The van der Waals surface area contributed by atoms with Gasteiger partial charge < -0.3 is 15.8 Å². The van der Waals surface area contributed by atoms with Crippen LogP contribution in [0.3, 0.4) is 0 Å². The molecule has 1 heterocycles. The number of rotatable bonds is 6. The van der Waals surface area contributed by atoms with Crippen LogP contribution in [-0.4, -0.2) is 29.4 Å². The molecule has 1 aromatic heterocycles. The number of benzene rings is 2. The first-order valence-corrected chi connectivity index (χ1v) is 8.73. The van der Waals surface area contributed by atoms with Gasteiger partial charge in [0.05, 0.1) is 10.2 Å². The van der Waals surface area contributed by atoms with E-state index in [0.717, 1.165) is 10.2 Å². The van der Waals surface area contributed by atoms with Crippen molar-refractivity contribution in [3.8, 4) is 0 Å². The summed E-state index contributed by atoms with van der Waals surface area (Å²) < 4.78 is 5.92. The van der Waals surface area contributed by atoms with E-state index in [9.17, 15) is 14.4 Å². The summed E-state index contributed by atoms with van der Waals surface area (Å²) in [5, 5.41) is 3.23. The number of ether oxygens (including phenoxy) is 1. The lowest BCUT2D eigenvalue weighted by molar-refractivity contribution is -0.142. The number of para-hydroxylation sites is 1. The summed E-state index contributed by atoms with van der Waals surface area (Å²) in [5.41, 5.74) is 6.80. The predicted octanol–water partition coefficient (Wildman–Crippen LogP) is 2.59. The molecule has 136 valence electrons. The van der Waals surface area contributed by atoms with Crippen molar-refractivity contribution in [3.63, 3.8) is 0 Å². The molecule has 0 spiro atoms. The molecule has 3 N–H and O–H groups in total. The van der Waals surface area contributed by atoms with Crippen molar-refractivity contribution >= 4 is 51.1 Å². The predicted molar refractivity (Wildman–Crippen MR) is 103 cm³/mol. The molecule has 0 radical (unpaired) electrons. The highest BCUT2D eigenvalue weighted by molar-refractivity contribution is 7.19. The number of primary amides is 1. The topological polar surface area (TPSA) is 111 Å². The molecule has 7 nitrogen and oxygen atoms in total. The lowest BCUT2D eigenvalue weighted by Gasteiger charge is -2.05. The van der Waals surface area contributed by atoms with E-state index in [0.29, 0.717) is 16.3 Å². The summed E-state index contributed by atoms with van der Waals surface area (Å²) in [6.45, 7) is -0.430. The minimum atomic E-state index is -0.645. The van der Waals surface area contributed by atoms with Crippen molar-refractivity contribution in [2.45, 2.75) is 0 Å². The number of nitrogens with two attached hydrogens (primary N) is 1. The molecule has 27 heavy (non-hydrogen) atoms. The van der Waals surface area contributed by atoms with E-state index >= 15 is 0 Å². The third-order valence-corrected chi connectivity index (χ3v) is 4.47. The number of thiazole rings is 1. The highest BCUT2D eigenvalue weighted by atomic mass is 32.1. The Bertz CT molecular complexity index is 992. The fourth-order valence-corrected chi connectivity index (χ4v) is 3.07. The third-order valence-electron chi connectivity index (χ3n) is 3.47. The Morgan fingerprint density at radius 2 is 1.85 bits per heavy atom. The molecule has 0 unspecified atom stereocenters. The number of esters is 1. The Labute approximate surface area is 158 Å². The van der Waals surface area contributed by atoms with Gasteiger partial charge in [0.1, 0.15) is 5.01 Å². The van der Waals surface area contributed by atoms with Gasteiger partial charge in [0.15, 0.2) is 6.61 Å². The number of aromatic nitrogens is 1. The molecule has 0 aliphatic carbocycles. The maximum atomic E-state index is 11.8. The van der Waals surface area contributed by atoms with Gasteiger partial charge in [-0.3, -0.25) is 9.59 Å². The molecule has 0 saturated heterocycles. The highest BCUT2D eigenvalue weighted by Gasteiger charge is 2.07. The molecule has 8 heteroatoms. The molecule has 0 aliphatic rings. The van der Waals surface area contributed by atoms with Gasteiger partial charge >= 0.3 is 5.97 Å². The van der Waals surface area contributed by atoms with Crippen LogP contribution in [0, 0.1) is 0 Å². The molecule has 0 fully saturated rings. The molecular weight excluding hydrogens is 366 g/mol. The number of hydrogen-bond donors (Lipinski definition) is 2. The summed E-state index contributed by atoms with van der Waals surface area (Å²) in [6, 6.07) is 13.7. The molecule has 0 aliphatic heterocycles. The molecule has 2 amide bonds. The van der Waals surface area contributed by atoms with E-state index in [1.54, 1.807) is 6.08 Å². The average Bonchev–Trinajstić information content (AvgIpc) is 3.08. The molecule has 0 saturated carbocycles. The van der Waals surface area contributed by atoms with Crippen LogP contribution in [0.1, 0.15) is 15.4 Å². The molecular formula is C19H15N3O4S. The summed E-state index contributed by atoms with van der Waals surface area (Å²) in [4.78, 5) is 38.9. The van der Waals surface area contributed by atoms with Crippen molar-refractivity contribution in [2.24, 2.45) is 5.73 Å². The van der Waals surface area contributed by atoms with Gasteiger partial charge in [-0.25, -0.2) is 9.78 Å². The van der Waals surface area contributed by atoms with Crippen LogP contribution in [-0.2, 0) is 14.3 Å². The first-order chi connectivity index (χ1) is 13.0. The SMILES string of the molecule is NC(=O)c1ccc(NC(=O)COC(=O)/C=C/c2nc3ccccc3s2)cc1. The maximum absolute atomic E-state index is 11.8. The van der Waals surface area contributed by atoms with Gasteiger partial charge in [-0.15, -0.1) is 11.3 Å². The maximum Gasteiger partial charge on any atom is 0.331 e. The molecule has 3 aromatic rings. The number of carbonyl (C=O) groups excluding carboxylic acids is 3. The first kappa shape index (κ1) is 18.3. The lowest BCUT2D eigenvalue weighted by Crippen LogP contribution is -2.20. The van der Waals surface area contributed by atoms with Crippen LogP contribution in [0.4, 0.5) is 5.69 Å². The number of anilines is 1. The number of amides is 2. The molecule has 0 atom stereocenters. The fourth-order valence-electron chi connectivity index (χ4n) is 2.20. The van der Waals surface area contributed by atoms with E-state index in [4.69, 9.17) is 10.5 Å². The average molecular weight is 381 g/mol. The summed E-state index contributed by atoms with van der Waals surface area (Å²) in [7, 11) is 0. The van der Waals surface area contributed by atoms with Gasteiger partial charge in [-0.05, 0) is 42.5 Å². The highest BCUT2D eigenvalue weighted by Crippen LogP contribution is 2.22. The monoisotopic (exact) mass is 381 g/mol. The summed E-state index contributed by atoms with van der Waals surface area (Å²) >= 11 is 1.45. The van der Waals surface area contributed by atoms with Crippen LogP contribution in [0.2, 0.25) is 0 Å². The van der Waals surface area contributed by atoms with Crippen molar-refractivity contribution in [2.75, 3.05) is 11.9 Å². The van der Waals surface area contributed by atoms with E-state index in [1.165, 1.54) is 41.7 Å². The zero-order chi connectivity index (χ0) is 19.2. The Morgan fingerprint density at radius 3 is 2.56 bits per heavy atom. The second-order valence-electron chi connectivity index (χ2n) is 5.45. The minimum absolute atomic E-state index is 0.333. The van der Waals surface area contributed by atoms with Crippen molar-refractivity contribution in [1.82, 2.24) is 4.98 Å². The van der Waals surface area contributed by atoms with Crippen LogP contribution < -0.4 is 11.1 Å². The van der Waals surface area contributed by atoms with Crippen LogP contribution in [0.5, 0.6) is 0 Å². The van der Waals surface area contributed by atoms with Gasteiger partial charge in [0, 0.05) is 17.3 Å². The number of fused-ring (bicyclic) bond motifs is 1. The molecule has 0 bridgehead atoms. The second kappa shape index (κ2) is 8.24. The summed E-state index contributed by atoms with van der Waals surface area (Å²) in [6.07, 6.45) is 2.78. The van der Waals surface area contributed by atoms with E-state index in [2.05, 4.69) is 10.3 Å². The smallest absolute Gasteiger partial charge is 0.331 e. The number of carbonyl (C=O) groups is 3. The van der Waals surface area contributed by atoms with Crippen LogP contribution >= 0.6 is 11.3 Å². The fraction of sp³-hybridized carbons (Fsp3) is 0.0526. The zero-order valence-corrected chi connectivity index (χ0v) is 14.9. The second-order valence-corrected chi connectivity index (χ2v) is 6.51. The van der Waals surface area contributed by atoms with Gasteiger partial charge in [0.25, 0.3) is 5.91 Å². The van der Waals surface area contributed by atoms with Gasteiger partial charge in [-0.1, -0.05) is 12.1 Å².